The van der Waals surface area contributed by atoms with Crippen molar-refractivity contribution in [1.82, 2.24) is 5.32 Å². The highest BCUT2D eigenvalue weighted by molar-refractivity contribution is 14.1. The van der Waals surface area contributed by atoms with Crippen molar-refractivity contribution < 1.29 is 0 Å². The smallest absolute Gasteiger partial charge is 0.0587 e. The lowest BCUT2D eigenvalue weighted by Crippen LogP contribution is -2.27. The highest BCUT2D eigenvalue weighted by Gasteiger charge is 2.17. The average Bonchev–Trinajstić information content (AvgIpc) is 2.23. The fourth-order valence-corrected chi connectivity index (χ4v) is 2.68. The van der Waals surface area contributed by atoms with Crippen molar-refractivity contribution in [2.75, 3.05) is 6.54 Å². The van der Waals surface area contributed by atoms with Crippen molar-refractivity contribution in [3.63, 3.8) is 0 Å². The fourth-order valence-electron chi connectivity index (χ4n) is 1.91. The molecular weight excluding hydrogens is 308 g/mol. The fraction of sp³-hybridized carbons (Fsp3) is 0.455. The van der Waals surface area contributed by atoms with Crippen molar-refractivity contribution in [1.29, 1.82) is 0 Å². The van der Waals surface area contributed by atoms with Gasteiger partial charge < -0.3 is 5.32 Å². The second-order valence-electron chi connectivity index (χ2n) is 3.65. The van der Waals surface area contributed by atoms with Gasteiger partial charge in [0.1, 0.15) is 0 Å². The van der Waals surface area contributed by atoms with E-state index in [2.05, 4.69) is 46.1 Å². The molecule has 1 N–H and O–H groups in total. The summed E-state index contributed by atoms with van der Waals surface area (Å²) >= 11 is 8.57. The maximum atomic E-state index is 6.28. The van der Waals surface area contributed by atoms with Crippen LogP contribution in [0.4, 0.5) is 0 Å². The summed E-state index contributed by atoms with van der Waals surface area (Å²) in [6.07, 6.45) is 3.80. The highest BCUT2D eigenvalue weighted by Crippen LogP contribution is 2.31. The third-order valence-electron chi connectivity index (χ3n) is 2.67. The molecule has 76 valence electrons. The van der Waals surface area contributed by atoms with Crippen LogP contribution in [0.15, 0.2) is 18.2 Å². The molecule has 1 aliphatic rings. The number of benzene rings is 1. The lowest BCUT2D eigenvalue weighted by Gasteiger charge is -2.24. The summed E-state index contributed by atoms with van der Waals surface area (Å²) in [6.45, 7) is 1.12. The van der Waals surface area contributed by atoms with Crippen LogP contribution in [0.25, 0.3) is 0 Å². The Morgan fingerprint density at radius 1 is 1.36 bits per heavy atom. The van der Waals surface area contributed by atoms with Gasteiger partial charge in [0.15, 0.2) is 0 Å². The molecule has 1 aromatic rings. The van der Waals surface area contributed by atoms with E-state index in [9.17, 15) is 0 Å². The van der Waals surface area contributed by atoms with Crippen molar-refractivity contribution in [2.45, 2.75) is 25.3 Å². The first-order valence-electron chi connectivity index (χ1n) is 4.96. The molecule has 14 heavy (non-hydrogen) atoms. The van der Waals surface area contributed by atoms with Crippen LogP contribution in [0.3, 0.4) is 0 Å². The monoisotopic (exact) mass is 321 g/mol. The predicted molar refractivity (Wildman–Crippen MR) is 68.8 cm³/mol. The summed E-state index contributed by atoms with van der Waals surface area (Å²) in [5.74, 6) is 0. The van der Waals surface area contributed by atoms with E-state index in [1.165, 1.54) is 24.8 Å². The summed E-state index contributed by atoms with van der Waals surface area (Å²) < 4.78 is 1.15. The zero-order valence-electron chi connectivity index (χ0n) is 7.89. The average molecular weight is 322 g/mol. The molecule has 3 heteroatoms. The Hall–Kier alpha value is 0.200. The van der Waals surface area contributed by atoms with Crippen LogP contribution in [-0.4, -0.2) is 6.54 Å². The molecule has 1 nitrogen and oxygen atoms in total. The lowest BCUT2D eigenvalue weighted by molar-refractivity contribution is 0.412. The van der Waals surface area contributed by atoms with Gasteiger partial charge in [0.05, 0.1) is 5.02 Å². The minimum Gasteiger partial charge on any atom is -0.310 e. The molecule has 1 fully saturated rings. The Morgan fingerprint density at radius 3 is 2.93 bits per heavy atom. The van der Waals surface area contributed by atoms with Crippen molar-refractivity contribution in [2.24, 2.45) is 0 Å². The standard InChI is InChI=1S/C11H13ClIN/c12-11-8(4-3-5-9(11)13)10-6-1-2-7-14-10/h3-5,10,14H,1-2,6-7H2/t10-/m1/s1. The van der Waals surface area contributed by atoms with E-state index >= 15 is 0 Å². The van der Waals surface area contributed by atoms with Crippen LogP contribution in [0.1, 0.15) is 30.9 Å². The van der Waals surface area contributed by atoms with Gasteiger partial charge in [-0.25, -0.2) is 0 Å². The number of halogens is 2. The number of nitrogens with one attached hydrogen (secondary N) is 1. The normalized spacial score (nSPS) is 22.3. The zero-order chi connectivity index (χ0) is 9.97. The second-order valence-corrected chi connectivity index (χ2v) is 5.19. The largest absolute Gasteiger partial charge is 0.310 e. The molecule has 0 aromatic heterocycles. The number of piperidine rings is 1. The first-order chi connectivity index (χ1) is 6.79. The van der Waals surface area contributed by atoms with Crippen LogP contribution in [0.5, 0.6) is 0 Å². The third-order valence-corrected chi connectivity index (χ3v) is 4.31. The van der Waals surface area contributed by atoms with Crippen LogP contribution in [0, 0.1) is 3.57 Å². The minimum atomic E-state index is 0.464. The third kappa shape index (κ3) is 2.23. The molecule has 0 spiro atoms. The van der Waals surface area contributed by atoms with Gasteiger partial charge in [-0.15, -0.1) is 0 Å². The number of rotatable bonds is 1. The summed E-state index contributed by atoms with van der Waals surface area (Å²) in [4.78, 5) is 0. The molecule has 0 bridgehead atoms. The molecule has 1 saturated heterocycles. The Bertz CT molecular complexity index is 321. The topological polar surface area (TPSA) is 12.0 Å². The van der Waals surface area contributed by atoms with Crippen molar-refractivity contribution in [3.8, 4) is 0 Å². The number of hydrogen-bond acceptors (Lipinski definition) is 1. The molecule has 1 heterocycles. The van der Waals surface area contributed by atoms with Crippen LogP contribution in [0.2, 0.25) is 5.02 Å². The van der Waals surface area contributed by atoms with Crippen LogP contribution < -0.4 is 5.32 Å². The van der Waals surface area contributed by atoms with Gasteiger partial charge in [-0.05, 0) is 53.6 Å². The van der Waals surface area contributed by atoms with Crippen LogP contribution >= 0.6 is 34.2 Å². The van der Waals surface area contributed by atoms with Gasteiger partial charge in [-0.2, -0.15) is 0 Å². The molecule has 2 rings (SSSR count). The lowest BCUT2D eigenvalue weighted by atomic mass is 9.98. The van der Waals surface area contributed by atoms with Crippen LogP contribution in [-0.2, 0) is 0 Å². The maximum Gasteiger partial charge on any atom is 0.0587 e. The Balaban J connectivity index is 2.26. The van der Waals surface area contributed by atoms with Crippen molar-refractivity contribution >= 4 is 34.2 Å². The van der Waals surface area contributed by atoms with E-state index in [-0.39, 0.29) is 0 Å². The Kier molecular flexibility index (Phi) is 3.68. The molecule has 1 atom stereocenters. The predicted octanol–water partition coefficient (Wildman–Crippen LogP) is 3.76. The zero-order valence-corrected chi connectivity index (χ0v) is 10.8. The van der Waals surface area contributed by atoms with Gasteiger partial charge in [-0.3, -0.25) is 0 Å². The molecule has 0 unspecified atom stereocenters. The van der Waals surface area contributed by atoms with Gasteiger partial charge in [-0.1, -0.05) is 30.2 Å². The summed E-state index contributed by atoms with van der Waals surface area (Å²) in [7, 11) is 0. The molecule has 0 amide bonds. The Morgan fingerprint density at radius 2 is 2.21 bits per heavy atom. The molecule has 1 aliphatic heterocycles. The second kappa shape index (κ2) is 4.81. The summed E-state index contributed by atoms with van der Waals surface area (Å²) in [5.41, 5.74) is 1.26. The minimum absolute atomic E-state index is 0.464. The van der Waals surface area contributed by atoms with Gasteiger partial charge in [0.25, 0.3) is 0 Å². The quantitative estimate of drug-likeness (QED) is 0.777. The van der Waals surface area contributed by atoms with E-state index in [4.69, 9.17) is 11.6 Å². The van der Waals surface area contributed by atoms with Gasteiger partial charge in [0, 0.05) is 9.61 Å². The highest BCUT2D eigenvalue weighted by atomic mass is 127. The first-order valence-corrected chi connectivity index (χ1v) is 6.42. The summed E-state index contributed by atoms with van der Waals surface area (Å²) in [5, 5.41) is 4.44. The molecule has 1 aromatic carbocycles. The van der Waals surface area contributed by atoms with Gasteiger partial charge in [0.2, 0.25) is 0 Å². The molecular formula is C11H13ClIN. The molecule has 0 saturated carbocycles. The van der Waals surface area contributed by atoms with E-state index in [1.54, 1.807) is 0 Å². The Labute approximate surface area is 103 Å². The SMILES string of the molecule is Clc1c(I)cccc1[C@H]1CCCCN1. The maximum absolute atomic E-state index is 6.28. The number of hydrogen-bond donors (Lipinski definition) is 1. The molecule has 0 radical (unpaired) electrons. The van der Waals surface area contributed by atoms with Crippen molar-refractivity contribution in [3.05, 3.63) is 32.4 Å². The van der Waals surface area contributed by atoms with E-state index in [0.29, 0.717) is 6.04 Å². The summed E-state index contributed by atoms with van der Waals surface area (Å²) in [6, 6.07) is 6.73. The van der Waals surface area contributed by atoms with E-state index in [0.717, 1.165) is 15.1 Å². The van der Waals surface area contributed by atoms with Gasteiger partial charge >= 0.3 is 0 Å². The van der Waals surface area contributed by atoms with E-state index < -0.39 is 0 Å². The first kappa shape index (κ1) is 10.7. The van der Waals surface area contributed by atoms with E-state index in [1.807, 2.05) is 0 Å². The molecule has 0 aliphatic carbocycles.